The van der Waals surface area contributed by atoms with E-state index in [1.165, 1.54) is 11.8 Å². The predicted octanol–water partition coefficient (Wildman–Crippen LogP) is 5.32. The van der Waals surface area contributed by atoms with Crippen molar-refractivity contribution >= 4 is 39.6 Å². The highest BCUT2D eigenvalue weighted by Crippen LogP contribution is 2.41. The molecule has 7 nitrogen and oxygen atoms in total. The lowest BCUT2D eigenvalue weighted by Gasteiger charge is -2.27. The molecule has 3 aromatic rings. The van der Waals surface area contributed by atoms with Crippen LogP contribution < -0.4 is 10.1 Å². The molecule has 0 radical (unpaired) electrons. The Balaban J connectivity index is 1.74. The summed E-state index contributed by atoms with van der Waals surface area (Å²) >= 11 is 1.48. The maximum Gasteiger partial charge on any atom is 0.338 e. The molecule has 3 aromatic carbocycles. The van der Waals surface area contributed by atoms with Gasteiger partial charge in [0.1, 0.15) is 11.8 Å². The van der Waals surface area contributed by atoms with Crippen molar-refractivity contribution in [2.45, 2.75) is 25.6 Å². The topological polar surface area (TPSA) is 97.2 Å². The lowest BCUT2D eigenvalue weighted by Crippen LogP contribution is -2.30. The summed E-state index contributed by atoms with van der Waals surface area (Å²) in [6.45, 7) is 3.87. The third-order valence-corrected chi connectivity index (χ3v) is 6.67. The van der Waals surface area contributed by atoms with Crippen molar-refractivity contribution in [2.75, 3.05) is 13.7 Å². The van der Waals surface area contributed by atoms with Gasteiger partial charge in [-0.2, -0.15) is 0 Å². The van der Waals surface area contributed by atoms with Gasteiger partial charge in [-0.15, -0.1) is 0 Å². The molecule has 0 aromatic heterocycles. The van der Waals surface area contributed by atoms with Crippen LogP contribution >= 0.6 is 11.8 Å². The molecule has 2 N–H and O–H groups in total. The van der Waals surface area contributed by atoms with Crippen molar-refractivity contribution in [1.29, 1.82) is 0 Å². The van der Waals surface area contributed by atoms with Crippen LogP contribution in [0.4, 0.5) is 0 Å². The minimum Gasteiger partial charge on any atom is -0.496 e. The van der Waals surface area contributed by atoms with E-state index in [9.17, 15) is 9.59 Å². The molecule has 35 heavy (non-hydrogen) atoms. The van der Waals surface area contributed by atoms with Crippen LogP contribution in [0, 0.1) is 0 Å². The Bertz CT molecular complexity index is 1330. The molecule has 0 unspecified atom stereocenters. The normalized spacial score (nSPS) is 15.4. The maximum absolute atomic E-state index is 13.0. The fourth-order valence-electron chi connectivity index (χ4n) is 4.03. The van der Waals surface area contributed by atoms with Crippen molar-refractivity contribution in [3.8, 4) is 5.75 Å². The number of amidine groups is 1. The first kappa shape index (κ1) is 24.3. The number of carbonyl (C=O) groups is 2. The number of hydrogen-bond acceptors (Lipinski definition) is 7. The molecule has 0 saturated carbocycles. The summed E-state index contributed by atoms with van der Waals surface area (Å²) in [7, 11) is 1.61. The molecule has 0 aliphatic carbocycles. The van der Waals surface area contributed by atoms with E-state index in [-0.39, 0.29) is 12.2 Å². The molecule has 1 aliphatic rings. The SMILES string of the molecule is CCOC(=O)C1=C(C)NC(SCc2ccc(C(=O)O)cc2)=N[C@@H]1c1c(OC)ccc2ccccc12. The van der Waals surface area contributed by atoms with E-state index in [1.54, 1.807) is 38.3 Å². The second-order valence-corrected chi connectivity index (χ2v) is 8.88. The monoisotopic (exact) mass is 490 g/mol. The van der Waals surface area contributed by atoms with Crippen LogP contribution in [-0.2, 0) is 15.3 Å². The first-order valence-electron chi connectivity index (χ1n) is 11.2. The number of hydrogen-bond donors (Lipinski definition) is 2. The van der Waals surface area contributed by atoms with Gasteiger partial charge >= 0.3 is 11.9 Å². The van der Waals surface area contributed by atoms with E-state index in [4.69, 9.17) is 19.6 Å². The number of carboxylic acid groups (broad SMARTS) is 1. The molecule has 0 bridgehead atoms. The molecule has 0 fully saturated rings. The molecule has 1 heterocycles. The first-order chi connectivity index (χ1) is 16.9. The van der Waals surface area contributed by atoms with E-state index in [2.05, 4.69) is 5.32 Å². The zero-order valence-corrected chi connectivity index (χ0v) is 20.5. The maximum atomic E-state index is 13.0. The van der Waals surface area contributed by atoms with Gasteiger partial charge in [0.2, 0.25) is 0 Å². The Morgan fingerprint density at radius 3 is 2.51 bits per heavy atom. The number of thioether (sulfide) groups is 1. The number of carboxylic acids is 1. The van der Waals surface area contributed by atoms with Crippen molar-refractivity contribution in [1.82, 2.24) is 5.32 Å². The molecule has 1 atom stereocenters. The van der Waals surface area contributed by atoms with Gasteiger partial charge in [0.25, 0.3) is 0 Å². The molecule has 8 heteroatoms. The van der Waals surface area contributed by atoms with Gasteiger partial charge in [0.05, 0.1) is 24.9 Å². The number of rotatable bonds is 7. The summed E-state index contributed by atoms with van der Waals surface area (Å²) in [4.78, 5) is 29.1. The fraction of sp³-hybridized carbons (Fsp3) is 0.222. The summed E-state index contributed by atoms with van der Waals surface area (Å²) in [5.74, 6) is -0.161. The third-order valence-electron chi connectivity index (χ3n) is 5.71. The number of ether oxygens (including phenoxy) is 2. The number of esters is 1. The molecular weight excluding hydrogens is 464 g/mol. The molecule has 180 valence electrons. The van der Waals surface area contributed by atoms with Crippen LogP contribution in [0.3, 0.4) is 0 Å². The van der Waals surface area contributed by atoms with Crippen molar-refractivity contribution in [3.05, 3.63) is 88.6 Å². The number of nitrogens with zero attached hydrogens (tertiary/aromatic N) is 1. The van der Waals surface area contributed by atoms with Crippen LogP contribution in [-0.4, -0.2) is 35.9 Å². The summed E-state index contributed by atoms with van der Waals surface area (Å²) < 4.78 is 11.1. The van der Waals surface area contributed by atoms with Crippen molar-refractivity contribution in [3.63, 3.8) is 0 Å². The zero-order valence-electron chi connectivity index (χ0n) is 19.7. The second-order valence-electron chi connectivity index (χ2n) is 7.91. The minimum absolute atomic E-state index is 0.243. The molecule has 4 rings (SSSR count). The molecule has 0 amide bonds. The Morgan fingerprint density at radius 2 is 1.83 bits per heavy atom. The van der Waals surface area contributed by atoms with Crippen LogP contribution in [0.1, 0.15) is 41.4 Å². The average Bonchev–Trinajstić information content (AvgIpc) is 2.86. The highest BCUT2D eigenvalue weighted by atomic mass is 32.2. The van der Waals surface area contributed by atoms with E-state index in [0.29, 0.717) is 27.9 Å². The number of carbonyl (C=O) groups excluding carboxylic acids is 1. The molecule has 0 spiro atoms. The first-order valence-corrected chi connectivity index (χ1v) is 12.1. The Labute approximate surface area is 207 Å². The number of allylic oxidation sites excluding steroid dienone is 1. The van der Waals surface area contributed by atoms with Gasteiger partial charge in [-0.3, -0.25) is 0 Å². The van der Waals surface area contributed by atoms with Gasteiger partial charge in [-0.1, -0.05) is 54.2 Å². The fourth-order valence-corrected chi connectivity index (χ4v) is 4.93. The van der Waals surface area contributed by atoms with Gasteiger partial charge in [-0.05, 0) is 48.4 Å². The zero-order chi connectivity index (χ0) is 24.9. The van der Waals surface area contributed by atoms with Crippen LogP contribution in [0.15, 0.2) is 76.9 Å². The van der Waals surface area contributed by atoms with Gasteiger partial charge in [0.15, 0.2) is 5.17 Å². The number of aromatic carboxylic acids is 1. The summed E-state index contributed by atoms with van der Waals surface area (Å²) in [5, 5.41) is 15.0. The number of methoxy groups -OCH3 is 1. The Hall–Kier alpha value is -3.78. The van der Waals surface area contributed by atoms with Crippen molar-refractivity contribution < 1.29 is 24.2 Å². The third kappa shape index (κ3) is 5.17. The molecular formula is C27H26N2O5S. The lowest BCUT2D eigenvalue weighted by molar-refractivity contribution is -0.138. The Morgan fingerprint density at radius 1 is 1.09 bits per heavy atom. The van der Waals surface area contributed by atoms with Gasteiger partial charge < -0.3 is 19.9 Å². The quantitative estimate of drug-likeness (QED) is 0.433. The predicted molar refractivity (Wildman–Crippen MR) is 138 cm³/mol. The van der Waals surface area contributed by atoms with Crippen molar-refractivity contribution in [2.24, 2.45) is 4.99 Å². The highest BCUT2D eigenvalue weighted by Gasteiger charge is 2.33. The number of benzene rings is 3. The minimum atomic E-state index is -0.957. The van der Waals surface area contributed by atoms with E-state index in [0.717, 1.165) is 21.9 Å². The summed E-state index contributed by atoms with van der Waals surface area (Å²) in [5.41, 5.74) is 3.12. The van der Waals surface area contributed by atoms with Gasteiger partial charge in [0, 0.05) is 17.0 Å². The van der Waals surface area contributed by atoms with E-state index in [1.807, 2.05) is 43.3 Å². The van der Waals surface area contributed by atoms with E-state index < -0.39 is 18.0 Å². The van der Waals surface area contributed by atoms with E-state index >= 15 is 0 Å². The van der Waals surface area contributed by atoms with Gasteiger partial charge in [-0.25, -0.2) is 14.6 Å². The standard InChI is InChI=1S/C27H26N2O5S/c1-4-34-26(32)22-16(2)28-27(35-15-17-9-11-19(12-10-17)25(30)31)29-24(22)23-20-8-6-5-7-18(20)13-14-21(23)33-3/h5-14,24H,4,15H2,1-3H3,(H,28,29)(H,30,31)/t24-/m0/s1. The second kappa shape index (κ2) is 10.7. The highest BCUT2D eigenvalue weighted by molar-refractivity contribution is 8.13. The smallest absolute Gasteiger partial charge is 0.338 e. The average molecular weight is 491 g/mol. The summed E-state index contributed by atoms with van der Waals surface area (Å²) in [6, 6.07) is 17.9. The summed E-state index contributed by atoms with van der Waals surface area (Å²) in [6.07, 6.45) is 0. The largest absolute Gasteiger partial charge is 0.496 e. The number of fused-ring (bicyclic) bond motifs is 1. The van der Waals surface area contributed by atoms with Crippen LogP contribution in [0.25, 0.3) is 10.8 Å². The van der Waals surface area contributed by atoms with Crippen LogP contribution in [0.2, 0.25) is 0 Å². The lowest BCUT2D eigenvalue weighted by atomic mass is 9.91. The Kier molecular flexibility index (Phi) is 7.41. The molecule has 0 saturated heterocycles. The number of nitrogens with one attached hydrogen (secondary N) is 1. The van der Waals surface area contributed by atoms with Crippen LogP contribution in [0.5, 0.6) is 5.75 Å². The number of aliphatic imine (C=N–C) groups is 1. The molecule has 1 aliphatic heterocycles.